The summed E-state index contributed by atoms with van der Waals surface area (Å²) >= 11 is 0. The lowest BCUT2D eigenvalue weighted by Gasteiger charge is -2.09. The third-order valence-electron chi connectivity index (χ3n) is 3.91. The van der Waals surface area contributed by atoms with E-state index in [4.69, 9.17) is 9.47 Å². The van der Waals surface area contributed by atoms with Crippen molar-refractivity contribution in [1.82, 2.24) is 0 Å². The molecule has 0 N–H and O–H groups in total. The topological polar surface area (TPSA) is 42.2 Å². The number of hydrogen-bond donors (Lipinski definition) is 0. The van der Waals surface area contributed by atoms with E-state index in [1.54, 1.807) is 14.2 Å². The maximum atomic E-state index is 9.35. The van der Waals surface area contributed by atoms with E-state index in [0.717, 1.165) is 33.8 Å². The van der Waals surface area contributed by atoms with Crippen molar-refractivity contribution in [2.24, 2.45) is 0 Å². The minimum Gasteiger partial charge on any atom is -0.497 e. The first kappa shape index (κ1) is 15.6. The third kappa shape index (κ3) is 3.23. The highest BCUT2D eigenvalue weighted by molar-refractivity contribution is 5.75. The summed E-state index contributed by atoms with van der Waals surface area (Å²) in [4.78, 5) is 0. The minimum absolute atomic E-state index is 0.633. The van der Waals surface area contributed by atoms with Gasteiger partial charge in [-0.25, -0.2) is 0 Å². The molecule has 0 aliphatic carbocycles. The molecule has 0 aromatic heterocycles. The van der Waals surface area contributed by atoms with Gasteiger partial charge in [-0.3, -0.25) is 0 Å². The van der Waals surface area contributed by atoms with Crippen LogP contribution in [-0.2, 0) is 0 Å². The van der Waals surface area contributed by atoms with Crippen molar-refractivity contribution >= 4 is 0 Å². The number of methoxy groups -OCH3 is 2. The Bertz CT molecular complexity index is 809. The van der Waals surface area contributed by atoms with E-state index in [2.05, 4.69) is 12.1 Å². The summed E-state index contributed by atoms with van der Waals surface area (Å²) < 4.78 is 10.4. The highest BCUT2D eigenvalue weighted by Gasteiger charge is 2.06. The van der Waals surface area contributed by atoms with Gasteiger partial charge in [-0.15, -0.1) is 0 Å². The molecule has 24 heavy (non-hydrogen) atoms. The Balaban J connectivity index is 2.05. The van der Waals surface area contributed by atoms with Crippen LogP contribution in [0.5, 0.6) is 11.5 Å². The van der Waals surface area contributed by atoms with Crippen LogP contribution in [-0.4, -0.2) is 14.2 Å². The fourth-order valence-corrected chi connectivity index (χ4v) is 2.59. The average molecular weight is 315 g/mol. The summed E-state index contributed by atoms with van der Waals surface area (Å²) in [6.07, 6.45) is 0. The standard InChI is InChI=1S/C21H17NO2/c1-23-20-7-3-16(4-8-20)18-11-15(14-22)12-19(13-18)17-5-9-21(24-2)10-6-17/h3-13H,1-2H3. The average Bonchev–Trinajstić information content (AvgIpc) is 2.67. The summed E-state index contributed by atoms with van der Waals surface area (Å²) in [6, 6.07) is 23.8. The number of nitriles is 1. The zero-order valence-electron chi connectivity index (χ0n) is 13.6. The molecule has 0 spiro atoms. The van der Waals surface area contributed by atoms with E-state index in [0.29, 0.717) is 5.56 Å². The van der Waals surface area contributed by atoms with Gasteiger partial charge in [-0.05, 0) is 64.7 Å². The quantitative estimate of drug-likeness (QED) is 0.687. The minimum atomic E-state index is 0.633. The SMILES string of the molecule is COc1ccc(-c2cc(C#N)cc(-c3ccc(OC)cc3)c2)cc1. The number of ether oxygens (including phenoxy) is 2. The van der Waals surface area contributed by atoms with Crippen molar-refractivity contribution in [3.05, 3.63) is 72.3 Å². The zero-order valence-corrected chi connectivity index (χ0v) is 13.6. The molecule has 0 saturated carbocycles. The molecule has 0 bridgehead atoms. The maximum Gasteiger partial charge on any atom is 0.118 e. The van der Waals surface area contributed by atoms with Gasteiger partial charge in [0.25, 0.3) is 0 Å². The van der Waals surface area contributed by atoms with E-state index in [9.17, 15) is 5.26 Å². The van der Waals surface area contributed by atoms with Crippen LogP contribution >= 0.6 is 0 Å². The Morgan fingerprint density at radius 1 is 0.625 bits per heavy atom. The molecule has 0 unspecified atom stereocenters. The van der Waals surface area contributed by atoms with Gasteiger partial charge in [-0.2, -0.15) is 5.26 Å². The third-order valence-corrected chi connectivity index (χ3v) is 3.91. The fourth-order valence-electron chi connectivity index (χ4n) is 2.59. The Hall–Kier alpha value is -3.25. The summed E-state index contributed by atoms with van der Waals surface area (Å²) in [6.45, 7) is 0. The first-order chi connectivity index (χ1) is 11.7. The van der Waals surface area contributed by atoms with Gasteiger partial charge in [0.05, 0.1) is 25.9 Å². The number of nitrogens with zero attached hydrogens (tertiary/aromatic N) is 1. The smallest absolute Gasteiger partial charge is 0.118 e. The molecule has 0 aliphatic heterocycles. The summed E-state index contributed by atoms with van der Waals surface area (Å²) in [7, 11) is 3.29. The summed E-state index contributed by atoms with van der Waals surface area (Å²) in [5, 5.41) is 9.35. The van der Waals surface area contributed by atoms with Crippen molar-refractivity contribution in [2.45, 2.75) is 0 Å². The normalized spacial score (nSPS) is 10.0. The molecule has 0 saturated heterocycles. The van der Waals surface area contributed by atoms with Gasteiger partial charge >= 0.3 is 0 Å². The summed E-state index contributed by atoms with van der Waals surface area (Å²) in [5.41, 5.74) is 4.73. The van der Waals surface area contributed by atoms with Gasteiger partial charge in [-0.1, -0.05) is 24.3 Å². The second-order valence-corrected chi connectivity index (χ2v) is 5.37. The number of benzene rings is 3. The van der Waals surface area contributed by atoms with Crippen LogP contribution < -0.4 is 9.47 Å². The predicted molar refractivity (Wildman–Crippen MR) is 95.1 cm³/mol. The Morgan fingerprint density at radius 3 is 1.38 bits per heavy atom. The first-order valence-corrected chi connectivity index (χ1v) is 7.57. The Kier molecular flexibility index (Phi) is 4.49. The molecule has 3 heteroatoms. The molecule has 0 fully saturated rings. The van der Waals surface area contributed by atoms with Crippen LogP contribution in [0.4, 0.5) is 0 Å². The molecule has 3 rings (SSSR count). The molecule has 0 radical (unpaired) electrons. The monoisotopic (exact) mass is 315 g/mol. The molecule has 0 atom stereocenters. The molecule has 0 aliphatic rings. The molecule has 118 valence electrons. The van der Waals surface area contributed by atoms with Gasteiger partial charge < -0.3 is 9.47 Å². The van der Waals surface area contributed by atoms with Crippen LogP contribution in [0, 0.1) is 11.3 Å². The van der Waals surface area contributed by atoms with Gasteiger partial charge in [0.2, 0.25) is 0 Å². The summed E-state index contributed by atoms with van der Waals surface area (Å²) in [5.74, 6) is 1.62. The Morgan fingerprint density at radius 2 is 1.04 bits per heavy atom. The predicted octanol–water partition coefficient (Wildman–Crippen LogP) is 4.91. The first-order valence-electron chi connectivity index (χ1n) is 7.57. The van der Waals surface area contributed by atoms with Crippen molar-refractivity contribution in [1.29, 1.82) is 5.26 Å². The molecular weight excluding hydrogens is 298 g/mol. The van der Waals surface area contributed by atoms with Gasteiger partial charge in [0.15, 0.2) is 0 Å². The van der Waals surface area contributed by atoms with E-state index in [-0.39, 0.29) is 0 Å². The van der Waals surface area contributed by atoms with E-state index in [1.807, 2.05) is 60.7 Å². The lowest BCUT2D eigenvalue weighted by atomic mass is 9.96. The highest BCUT2D eigenvalue weighted by Crippen LogP contribution is 2.30. The number of rotatable bonds is 4. The maximum absolute atomic E-state index is 9.35. The largest absolute Gasteiger partial charge is 0.497 e. The second kappa shape index (κ2) is 6.89. The molecule has 3 aromatic carbocycles. The molecule has 3 aromatic rings. The fraction of sp³-hybridized carbons (Fsp3) is 0.0952. The van der Waals surface area contributed by atoms with Crippen LogP contribution in [0.15, 0.2) is 66.7 Å². The molecular formula is C21H17NO2. The van der Waals surface area contributed by atoms with Crippen LogP contribution in [0.3, 0.4) is 0 Å². The Labute approximate surface area is 141 Å². The van der Waals surface area contributed by atoms with E-state index in [1.165, 1.54) is 0 Å². The van der Waals surface area contributed by atoms with Gasteiger partial charge in [0, 0.05) is 0 Å². The lowest BCUT2D eigenvalue weighted by molar-refractivity contribution is 0.415. The van der Waals surface area contributed by atoms with Crippen LogP contribution in [0.25, 0.3) is 22.3 Å². The zero-order chi connectivity index (χ0) is 16.9. The highest BCUT2D eigenvalue weighted by atomic mass is 16.5. The number of hydrogen-bond acceptors (Lipinski definition) is 3. The van der Waals surface area contributed by atoms with Crippen molar-refractivity contribution in [3.8, 4) is 39.8 Å². The second-order valence-electron chi connectivity index (χ2n) is 5.37. The molecule has 0 heterocycles. The van der Waals surface area contributed by atoms with Crippen LogP contribution in [0.2, 0.25) is 0 Å². The lowest BCUT2D eigenvalue weighted by Crippen LogP contribution is -1.87. The molecule has 0 amide bonds. The van der Waals surface area contributed by atoms with Crippen molar-refractivity contribution in [3.63, 3.8) is 0 Å². The van der Waals surface area contributed by atoms with Crippen LogP contribution in [0.1, 0.15) is 5.56 Å². The van der Waals surface area contributed by atoms with Gasteiger partial charge in [0.1, 0.15) is 11.5 Å². The van der Waals surface area contributed by atoms with Crippen molar-refractivity contribution < 1.29 is 9.47 Å². The van der Waals surface area contributed by atoms with E-state index >= 15 is 0 Å². The van der Waals surface area contributed by atoms with E-state index < -0.39 is 0 Å². The molecule has 3 nitrogen and oxygen atoms in total. The van der Waals surface area contributed by atoms with Crippen molar-refractivity contribution in [2.75, 3.05) is 14.2 Å².